The molecule has 0 bridgehead atoms. The third-order valence-corrected chi connectivity index (χ3v) is 7.25. The first-order chi connectivity index (χ1) is 17.2. The summed E-state index contributed by atoms with van der Waals surface area (Å²) in [6, 6.07) is 20.7. The average molecular weight is 473 g/mol. The third kappa shape index (κ3) is 5.19. The van der Waals surface area contributed by atoms with E-state index in [0.717, 1.165) is 92.6 Å². The molecule has 0 atom stereocenters. The molecule has 0 unspecified atom stereocenters. The SMILES string of the molecule is CCN(CCCN1CCC(C#N)(c2ccccc2)CC1)Cc1cc(-c2ccc3c(c2)OCO3)no1. The van der Waals surface area contributed by atoms with Gasteiger partial charge in [-0.25, -0.2) is 0 Å². The van der Waals surface area contributed by atoms with Crippen molar-refractivity contribution in [3.8, 4) is 28.8 Å². The Balaban J connectivity index is 1.10. The number of aromatic nitrogens is 1. The van der Waals surface area contributed by atoms with Crippen molar-refractivity contribution >= 4 is 0 Å². The molecule has 2 aliphatic rings. The number of likely N-dealkylation sites (tertiary alicyclic amines) is 1. The van der Waals surface area contributed by atoms with Gasteiger partial charge in [0.05, 0.1) is 18.0 Å². The second-order valence-corrected chi connectivity index (χ2v) is 9.37. The zero-order chi connectivity index (χ0) is 24.1. The predicted molar refractivity (Wildman–Crippen MR) is 133 cm³/mol. The van der Waals surface area contributed by atoms with Crippen molar-refractivity contribution in [2.24, 2.45) is 0 Å². The molecule has 1 aromatic heterocycles. The Morgan fingerprint density at radius 1 is 1.06 bits per heavy atom. The van der Waals surface area contributed by atoms with Gasteiger partial charge in [-0.3, -0.25) is 4.90 Å². The number of rotatable bonds is 9. The van der Waals surface area contributed by atoms with Gasteiger partial charge in [0.25, 0.3) is 0 Å². The topological polar surface area (TPSA) is 74.8 Å². The summed E-state index contributed by atoms with van der Waals surface area (Å²) in [5, 5.41) is 14.2. The summed E-state index contributed by atoms with van der Waals surface area (Å²) in [6.45, 7) is 8.10. The number of piperidine rings is 1. The van der Waals surface area contributed by atoms with Gasteiger partial charge in [-0.1, -0.05) is 42.4 Å². The second kappa shape index (κ2) is 10.5. The maximum Gasteiger partial charge on any atom is 0.231 e. The van der Waals surface area contributed by atoms with E-state index < -0.39 is 0 Å². The summed E-state index contributed by atoms with van der Waals surface area (Å²) in [7, 11) is 0. The Labute approximate surface area is 206 Å². The van der Waals surface area contributed by atoms with Crippen LogP contribution in [0.3, 0.4) is 0 Å². The molecule has 35 heavy (non-hydrogen) atoms. The first-order valence-electron chi connectivity index (χ1n) is 12.5. The molecule has 7 nitrogen and oxygen atoms in total. The van der Waals surface area contributed by atoms with Crippen LogP contribution in [0.1, 0.15) is 37.5 Å². The highest BCUT2D eigenvalue weighted by Gasteiger charge is 2.36. The fourth-order valence-corrected chi connectivity index (χ4v) is 5.05. The van der Waals surface area contributed by atoms with Crippen LogP contribution in [0.2, 0.25) is 0 Å². The monoisotopic (exact) mass is 472 g/mol. The largest absolute Gasteiger partial charge is 0.454 e. The first kappa shape index (κ1) is 23.4. The summed E-state index contributed by atoms with van der Waals surface area (Å²) < 4.78 is 16.5. The highest BCUT2D eigenvalue weighted by molar-refractivity contribution is 5.64. The Morgan fingerprint density at radius 3 is 2.63 bits per heavy atom. The minimum atomic E-state index is -0.338. The fourth-order valence-electron chi connectivity index (χ4n) is 5.05. The minimum Gasteiger partial charge on any atom is -0.454 e. The summed E-state index contributed by atoms with van der Waals surface area (Å²) >= 11 is 0. The van der Waals surface area contributed by atoms with E-state index in [1.54, 1.807) is 0 Å². The van der Waals surface area contributed by atoms with Gasteiger partial charge in [-0.2, -0.15) is 5.26 Å². The van der Waals surface area contributed by atoms with Gasteiger partial charge in [-0.15, -0.1) is 0 Å². The Kier molecular flexibility index (Phi) is 7.03. The molecule has 0 saturated carbocycles. The lowest BCUT2D eigenvalue weighted by atomic mass is 9.74. The van der Waals surface area contributed by atoms with Crippen molar-refractivity contribution in [3.05, 3.63) is 65.9 Å². The van der Waals surface area contributed by atoms with E-state index >= 15 is 0 Å². The number of ether oxygens (including phenoxy) is 2. The molecule has 1 fully saturated rings. The standard InChI is InChI=1S/C28H32N4O3/c1-2-31(19-24-18-25(30-35-24)22-9-10-26-27(17-22)34-21-33-26)13-6-14-32-15-11-28(20-29,12-16-32)23-7-4-3-5-8-23/h3-5,7-10,17-18H,2,6,11-16,19,21H2,1H3. The highest BCUT2D eigenvalue weighted by atomic mass is 16.7. The van der Waals surface area contributed by atoms with Crippen molar-refractivity contribution in [2.75, 3.05) is 39.5 Å². The summed E-state index contributed by atoms with van der Waals surface area (Å²) in [6.07, 6.45) is 2.87. The zero-order valence-electron chi connectivity index (χ0n) is 20.3. The quantitative estimate of drug-likeness (QED) is 0.441. The zero-order valence-corrected chi connectivity index (χ0v) is 20.3. The van der Waals surface area contributed by atoms with E-state index in [2.05, 4.69) is 40.1 Å². The maximum absolute atomic E-state index is 9.92. The van der Waals surface area contributed by atoms with Crippen LogP contribution in [0.15, 0.2) is 59.1 Å². The van der Waals surface area contributed by atoms with E-state index in [-0.39, 0.29) is 12.2 Å². The molecule has 3 heterocycles. The summed E-state index contributed by atoms with van der Waals surface area (Å²) in [4.78, 5) is 4.88. The van der Waals surface area contributed by atoms with Crippen LogP contribution in [0.4, 0.5) is 0 Å². The molecule has 0 spiro atoms. The minimum absolute atomic E-state index is 0.262. The van der Waals surface area contributed by atoms with Crippen molar-refractivity contribution < 1.29 is 14.0 Å². The molecule has 2 aromatic carbocycles. The normalized spacial score (nSPS) is 16.9. The Morgan fingerprint density at radius 2 is 1.86 bits per heavy atom. The molecule has 182 valence electrons. The van der Waals surface area contributed by atoms with Crippen LogP contribution < -0.4 is 9.47 Å². The second-order valence-electron chi connectivity index (χ2n) is 9.37. The molecular formula is C28H32N4O3. The van der Waals surface area contributed by atoms with Crippen LogP contribution in [0.25, 0.3) is 11.3 Å². The van der Waals surface area contributed by atoms with Crippen molar-refractivity contribution in [1.82, 2.24) is 15.0 Å². The molecule has 3 aromatic rings. The summed E-state index contributed by atoms with van der Waals surface area (Å²) in [5.74, 6) is 2.37. The fraction of sp³-hybridized carbons (Fsp3) is 0.429. The average Bonchev–Trinajstić information content (AvgIpc) is 3.58. The molecule has 0 radical (unpaired) electrons. The molecule has 0 aliphatic carbocycles. The lowest BCUT2D eigenvalue weighted by Crippen LogP contribution is -2.42. The number of fused-ring (bicyclic) bond motifs is 1. The van der Waals surface area contributed by atoms with Gasteiger partial charge < -0.3 is 18.9 Å². The predicted octanol–water partition coefficient (Wildman–Crippen LogP) is 4.84. The molecule has 5 rings (SSSR count). The number of nitrogens with zero attached hydrogens (tertiary/aromatic N) is 4. The van der Waals surface area contributed by atoms with Gasteiger partial charge in [0.2, 0.25) is 6.79 Å². The van der Waals surface area contributed by atoms with Gasteiger partial charge in [0.15, 0.2) is 17.3 Å². The van der Waals surface area contributed by atoms with Crippen LogP contribution in [0, 0.1) is 11.3 Å². The number of nitriles is 1. The van der Waals surface area contributed by atoms with Crippen molar-refractivity contribution in [2.45, 2.75) is 38.1 Å². The van der Waals surface area contributed by atoms with E-state index in [9.17, 15) is 5.26 Å². The van der Waals surface area contributed by atoms with Crippen molar-refractivity contribution in [3.63, 3.8) is 0 Å². The van der Waals surface area contributed by atoms with Gasteiger partial charge in [-0.05, 0) is 75.7 Å². The molecular weight excluding hydrogens is 440 g/mol. The van der Waals surface area contributed by atoms with Crippen LogP contribution >= 0.6 is 0 Å². The maximum atomic E-state index is 9.92. The molecule has 7 heteroatoms. The number of hydrogen-bond acceptors (Lipinski definition) is 7. The van der Waals surface area contributed by atoms with Gasteiger partial charge in [0.1, 0.15) is 5.69 Å². The summed E-state index contributed by atoms with van der Waals surface area (Å²) in [5.41, 5.74) is 2.59. The van der Waals surface area contributed by atoms with E-state index in [0.29, 0.717) is 0 Å². The first-order valence-corrected chi connectivity index (χ1v) is 12.5. The Bertz CT molecular complexity index is 1160. The molecule has 0 N–H and O–H groups in total. The molecule has 0 amide bonds. The van der Waals surface area contributed by atoms with Gasteiger partial charge >= 0.3 is 0 Å². The van der Waals surface area contributed by atoms with Gasteiger partial charge in [0, 0.05) is 11.6 Å². The third-order valence-electron chi connectivity index (χ3n) is 7.25. The Hall–Kier alpha value is -3.34. The smallest absolute Gasteiger partial charge is 0.231 e. The van der Waals surface area contributed by atoms with Crippen LogP contribution in [0.5, 0.6) is 11.5 Å². The van der Waals surface area contributed by atoms with Crippen LogP contribution in [-0.4, -0.2) is 54.5 Å². The van der Waals surface area contributed by atoms with E-state index in [1.807, 2.05) is 42.5 Å². The lowest BCUT2D eigenvalue weighted by molar-refractivity contribution is 0.168. The lowest BCUT2D eigenvalue weighted by Gasteiger charge is -2.37. The number of hydrogen-bond donors (Lipinski definition) is 0. The van der Waals surface area contributed by atoms with Crippen LogP contribution in [-0.2, 0) is 12.0 Å². The number of benzene rings is 2. The van der Waals surface area contributed by atoms with Crippen molar-refractivity contribution in [1.29, 1.82) is 5.26 Å². The van der Waals surface area contributed by atoms with E-state index in [1.165, 1.54) is 0 Å². The molecule has 2 aliphatic heterocycles. The highest BCUT2D eigenvalue weighted by Crippen LogP contribution is 2.36. The van der Waals surface area contributed by atoms with E-state index in [4.69, 9.17) is 14.0 Å². The molecule has 1 saturated heterocycles.